The average molecular weight is 261 g/mol. The molecule has 0 aromatic carbocycles. The molecule has 0 bridgehead atoms. The molecule has 99 valence electrons. The molecule has 0 aromatic rings. The summed E-state index contributed by atoms with van der Waals surface area (Å²) >= 11 is 0. The van der Waals surface area contributed by atoms with Crippen molar-refractivity contribution >= 4 is 9.53 Å². The minimum Gasteiger partial charge on any atom is -0.375 e. The van der Waals surface area contributed by atoms with Crippen molar-refractivity contribution in [3.8, 4) is 0 Å². The molecule has 2 atom stereocenters. The average Bonchev–Trinajstić information content (AvgIpc) is 2.98. The molecule has 1 heterocycles. The van der Waals surface area contributed by atoms with Crippen LogP contribution in [0.4, 0.5) is 0 Å². The predicted octanol–water partition coefficient (Wildman–Crippen LogP) is 1.38. The summed E-state index contributed by atoms with van der Waals surface area (Å²) in [6.07, 6.45) is 4.86. The van der Waals surface area contributed by atoms with Gasteiger partial charge in [-0.15, -0.1) is 0 Å². The Balaban J connectivity index is 2.27. The van der Waals surface area contributed by atoms with Crippen LogP contribution in [0, 0.1) is 0 Å². The molecule has 6 heteroatoms. The molecule has 5 nitrogen and oxygen atoms in total. The fourth-order valence-corrected chi connectivity index (χ4v) is 2.04. The van der Waals surface area contributed by atoms with Crippen molar-refractivity contribution in [2.45, 2.75) is 32.2 Å². The van der Waals surface area contributed by atoms with Crippen LogP contribution in [0.2, 0.25) is 0 Å². The summed E-state index contributed by atoms with van der Waals surface area (Å²) in [4.78, 5) is 0. The standard InChI is InChI=1S/C11H21O5Si/c1-5-8-14-11(10(2)16-11)7-6-9-15-17(12-3)13-4/h6-7,10H,5,8-9H2,1-4H3. The van der Waals surface area contributed by atoms with E-state index in [4.69, 9.17) is 22.8 Å². The van der Waals surface area contributed by atoms with Crippen LogP contribution in [0.1, 0.15) is 20.3 Å². The lowest BCUT2D eigenvalue weighted by Crippen LogP contribution is -2.24. The summed E-state index contributed by atoms with van der Waals surface area (Å²) in [6.45, 7) is 5.18. The molecule has 0 amide bonds. The van der Waals surface area contributed by atoms with Crippen LogP contribution in [0.25, 0.3) is 0 Å². The van der Waals surface area contributed by atoms with Crippen LogP contribution < -0.4 is 0 Å². The van der Waals surface area contributed by atoms with Crippen molar-refractivity contribution in [3.05, 3.63) is 12.2 Å². The van der Waals surface area contributed by atoms with Crippen molar-refractivity contribution in [1.29, 1.82) is 0 Å². The van der Waals surface area contributed by atoms with E-state index in [2.05, 4.69) is 6.92 Å². The van der Waals surface area contributed by atoms with Crippen LogP contribution in [-0.2, 0) is 22.8 Å². The number of hydrogen-bond donors (Lipinski definition) is 0. The highest BCUT2D eigenvalue weighted by atomic mass is 28.3. The summed E-state index contributed by atoms with van der Waals surface area (Å²) < 4.78 is 26.4. The number of hydrogen-bond acceptors (Lipinski definition) is 5. The van der Waals surface area contributed by atoms with Gasteiger partial charge in [-0.1, -0.05) is 13.0 Å². The van der Waals surface area contributed by atoms with Crippen LogP contribution >= 0.6 is 0 Å². The maximum Gasteiger partial charge on any atom is 0.577 e. The first-order valence-corrected chi connectivity index (χ1v) is 6.98. The maximum atomic E-state index is 5.64. The zero-order valence-electron chi connectivity index (χ0n) is 10.9. The van der Waals surface area contributed by atoms with Gasteiger partial charge in [-0.3, -0.25) is 0 Å². The molecule has 0 N–H and O–H groups in total. The second-order valence-electron chi connectivity index (χ2n) is 3.70. The van der Waals surface area contributed by atoms with E-state index in [9.17, 15) is 0 Å². The Morgan fingerprint density at radius 2 is 2.00 bits per heavy atom. The van der Waals surface area contributed by atoms with Gasteiger partial charge >= 0.3 is 9.53 Å². The Kier molecular flexibility index (Phi) is 6.32. The Hall–Kier alpha value is -0.243. The van der Waals surface area contributed by atoms with E-state index in [1.54, 1.807) is 14.2 Å². The lowest BCUT2D eigenvalue weighted by Gasteiger charge is -2.09. The summed E-state index contributed by atoms with van der Waals surface area (Å²) in [7, 11) is 1.55. The van der Waals surface area contributed by atoms with Crippen LogP contribution in [-0.4, -0.2) is 48.9 Å². The monoisotopic (exact) mass is 261 g/mol. The molecule has 0 saturated carbocycles. The van der Waals surface area contributed by atoms with E-state index >= 15 is 0 Å². The van der Waals surface area contributed by atoms with Crippen LogP contribution in [0.3, 0.4) is 0 Å². The summed E-state index contributed by atoms with van der Waals surface area (Å²) in [5.74, 6) is -0.535. The predicted molar refractivity (Wildman–Crippen MR) is 64.4 cm³/mol. The third kappa shape index (κ3) is 4.49. The van der Waals surface area contributed by atoms with Crippen molar-refractivity contribution in [1.82, 2.24) is 0 Å². The van der Waals surface area contributed by atoms with Gasteiger partial charge in [0.15, 0.2) is 0 Å². The summed E-state index contributed by atoms with van der Waals surface area (Å²) in [5, 5.41) is 0. The quantitative estimate of drug-likeness (QED) is 0.356. The van der Waals surface area contributed by atoms with Gasteiger partial charge in [-0.05, 0) is 19.4 Å². The number of rotatable bonds is 9. The third-order valence-corrected chi connectivity index (χ3v) is 3.45. The molecule has 0 aliphatic carbocycles. The molecule has 1 rings (SSSR count). The van der Waals surface area contributed by atoms with E-state index in [1.165, 1.54) is 0 Å². The molecule has 0 aromatic heterocycles. The molecule has 2 unspecified atom stereocenters. The third-order valence-electron chi connectivity index (χ3n) is 2.38. The van der Waals surface area contributed by atoms with Crippen molar-refractivity contribution in [2.75, 3.05) is 27.4 Å². The summed E-state index contributed by atoms with van der Waals surface area (Å²) in [5.41, 5.74) is 0. The molecule has 1 fully saturated rings. The normalized spacial score (nSPS) is 28.2. The first kappa shape index (κ1) is 14.8. The number of epoxide rings is 1. The van der Waals surface area contributed by atoms with E-state index in [0.717, 1.165) is 6.42 Å². The zero-order valence-corrected chi connectivity index (χ0v) is 11.9. The van der Waals surface area contributed by atoms with Gasteiger partial charge in [-0.25, -0.2) is 0 Å². The minimum absolute atomic E-state index is 0.111. The molecular formula is C11H21O5Si. The lowest BCUT2D eigenvalue weighted by molar-refractivity contribution is -0.00803. The fraction of sp³-hybridized carbons (Fsp3) is 0.818. The van der Waals surface area contributed by atoms with Gasteiger partial charge in [0, 0.05) is 14.2 Å². The molecule has 0 spiro atoms. The molecule has 1 aliphatic heterocycles. The van der Waals surface area contributed by atoms with Crippen molar-refractivity contribution in [2.24, 2.45) is 0 Å². The molecule has 1 saturated heterocycles. The zero-order chi connectivity index (χ0) is 12.7. The van der Waals surface area contributed by atoms with E-state index in [0.29, 0.717) is 13.2 Å². The lowest BCUT2D eigenvalue weighted by atomic mass is 10.2. The highest BCUT2D eigenvalue weighted by molar-refractivity contribution is 6.36. The molecule has 17 heavy (non-hydrogen) atoms. The van der Waals surface area contributed by atoms with Crippen molar-refractivity contribution < 1.29 is 22.8 Å². The van der Waals surface area contributed by atoms with Gasteiger partial charge in [-0.2, -0.15) is 0 Å². The minimum atomic E-state index is -1.58. The van der Waals surface area contributed by atoms with E-state index < -0.39 is 15.3 Å². The molecular weight excluding hydrogens is 240 g/mol. The summed E-state index contributed by atoms with van der Waals surface area (Å²) in [6, 6.07) is 0. The van der Waals surface area contributed by atoms with E-state index in [1.807, 2.05) is 19.1 Å². The Labute approximate surface area is 105 Å². The van der Waals surface area contributed by atoms with Gasteiger partial charge in [0.2, 0.25) is 5.79 Å². The number of ether oxygens (including phenoxy) is 2. The largest absolute Gasteiger partial charge is 0.577 e. The van der Waals surface area contributed by atoms with Gasteiger partial charge in [0.05, 0.1) is 13.2 Å². The van der Waals surface area contributed by atoms with Gasteiger partial charge < -0.3 is 22.8 Å². The SMILES string of the molecule is CCCOC1(C=CCO[Si](OC)OC)OC1C. The highest BCUT2D eigenvalue weighted by Gasteiger charge is 2.52. The maximum absolute atomic E-state index is 5.64. The first-order chi connectivity index (χ1) is 8.18. The fourth-order valence-electron chi connectivity index (χ4n) is 1.41. The van der Waals surface area contributed by atoms with Gasteiger partial charge in [0.25, 0.3) is 0 Å². The Morgan fingerprint density at radius 1 is 1.35 bits per heavy atom. The van der Waals surface area contributed by atoms with Crippen LogP contribution in [0.5, 0.6) is 0 Å². The molecule has 1 radical (unpaired) electrons. The topological polar surface area (TPSA) is 49.5 Å². The van der Waals surface area contributed by atoms with Gasteiger partial charge in [0.1, 0.15) is 6.10 Å². The Bertz CT molecular complexity index is 244. The molecule has 1 aliphatic rings. The van der Waals surface area contributed by atoms with Crippen LogP contribution in [0.15, 0.2) is 12.2 Å². The van der Waals surface area contributed by atoms with Crippen molar-refractivity contribution in [3.63, 3.8) is 0 Å². The first-order valence-electron chi connectivity index (χ1n) is 5.75. The second-order valence-corrected chi connectivity index (χ2v) is 5.31. The van der Waals surface area contributed by atoms with E-state index in [-0.39, 0.29) is 6.10 Å². The Morgan fingerprint density at radius 3 is 2.47 bits per heavy atom. The highest BCUT2D eigenvalue weighted by Crippen LogP contribution is 2.38. The second kappa shape index (κ2) is 7.25. The smallest absolute Gasteiger partial charge is 0.375 e.